The Morgan fingerprint density at radius 2 is 1.92 bits per heavy atom. The van der Waals surface area contributed by atoms with Crippen molar-refractivity contribution in [3.63, 3.8) is 0 Å². The minimum Gasteiger partial charge on any atom is -0.486 e. The normalized spacial score (nSPS) is 12.2. The van der Waals surface area contributed by atoms with E-state index in [-0.39, 0.29) is 5.25 Å². The summed E-state index contributed by atoms with van der Waals surface area (Å²) in [6.45, 7) is 0.419. The van der Waals surface area contributed by atoms with Gasteiger partial charge in [-0.1, -0.05) is 30.3 Å². The van der Waals surface area contributed by atoms with Gasteiger partial charge in [-0.3, -0.25) is 4.98 Å². The van der Waals surface area contributed by atoms with Gasteiger partial charge in [-0.25, -0.2) is 4.98 Å². The van der Waals surface area contributed by atoms with Gasteiger partial charge in [0.2, 0.25) is 0 Å². The molecule has 0 amide bonds. The van der Waals surface area contributed by atoms with Crippen molar-refractivity contribution in [2.45, 2.75) is 11.9 Å². The number of benzene rings is 2. The Balaban J connectivity index is 1.57. The minimum atomic E-state index is 0.250. The van der Waals surface area contributed by atoms with Crippen LogP contribution in [0.1, 0.15) is 22.2 Å². The van der Waals surface area contributed by atoms with Gasteiger partial charge in [0.05, 0.1) is 16.3 Å². The van der Waals surface area contributed by atoms with Crippen LogP contribution in [0, 0.1) is 0 Å². The second-order valence-electron chi connectivity index (χ2n) is 5.96. The van der Waals surface area contributed by atoms with E-state index in [9.17, 15) is 0 Å². The molecule has 4 nitrogen and oxygen atoms in total. The van der Waals surface area contributed by atoms with Crippen molar-refractivity contribution < 1.29 is 4.74 Å². The van der Waals surface area contributed by atoms with Gasteiger partial charge in [-0.2, -0.15) is 11.8 Å². The molecule has 26 heavy (non-hydrogen) atoms. The topological polar surface area (TPSA) is 50.8 Å². The van der Waals surface area contributed by atoms with E-state index in [0.717, 1.165) is 22.6 Å². The quantitative estimate of drug-likeness (QED) is 0.526. The number of nitrogens with one attached hydrogen (secondary N) is 1. The van der Waals surface area contributed by atoms with E-state index < -0.39 is 0 Å². The van der Waals surface area contributed by atoms with Crippen LogP contribution in [0.5, 0.6) is 5.75 Å². The molecular formula is C21H19N3OS. The highest BCUT2D eigenvalue weighted by Crippen LogP contribution is 2.34. The predicted molar refractivity (Wildman–Crippen MR) is 106 cm³/mol. The average Bonchev–Trinajstić information content (AvgIpc) is 3.11. The number of hydrogen-bond donors (Lipinski definition) is 1. The highest BCUT2D eigenvalue weighted by Gasteiger charge is 2.14. The summed E-state index contributed by atoms with van der Waals surface area (Å²) in [7, 11) is 0. The smallest absolute Gasteiger partial charge is 0.146 e. The van der Waals surface area contributed by atoms with Crippen LogP contribution in [0.2, 0.25) is 0 Å². The van der Waals surface area contributed by atoms with Gasteiger partial charge in [-0.15, -0.1) is 0 Å². The third-order valence-electron chi connectivity index (χ3n) is 4.20. The zero-order valence-corrected chi connectivity index (χ0v) is 15.2. The molecule has 0 fully saturated rings. The van der Waals surface area contributed by atoms with Crippen molar-refractivity contribution in [2.75, 3.05) is 6.26 Å². The summed E-state index contributed by atoms with van der Waals surface area (Å²) < 4.78 is 5.78. The molecule has 1 unspecified atom stereocenters. The SMILES string of the molecule is CSC(c1cccnc1)c1ccc2nc(COc3ccccc3)[nH]c2c1. The van der Waals surface area contributed by atoms with Crippen LogP contribution in [0.4, 0.5) is 0 Å². The summed E-state index contributed by atoms with van der Waals surface area (Å²) in [5.74, 6) is 1.66. The highest BCUT2D eigenvalue weighted by atomic mass is 32.2. The zero-order valence-electron chi connectivity index (χ0n) is 14.4. The number of pyridine rings is 1. The van der Waals surface area contributed by atoms with Crippen LogP contribution < -0.4 is 4.74 Å². The minimum absolute atomic E-state index is 0.250. The Morgan fingerprint density at radius 3 is 2.69 bits per heavy atom. The lowest BCUT2D eigenvalue weighted by molar-refractivity contribution is 0.297. The van der Waals surface area contributed by atoms with Crippen LogP contribution in [0.3, 0.4) is 0 Å². The second-order valence-corrected chi connectivity index (χ2v) is 6.91. The van der Waals surface area contributed by atoms with E-state index >= 15 is 0 Å². The zero-order chi connectivity index (χ0) is 17.8. The first-order valence-electron chi connectivity index (χ1n) is 8.42. The molecule has 4 aromatic rings. The van der Waals surface area contributed by atoms with Crippen molar-refractivity contribution in [3.8, 4) is 5.75 Å². The lowest BCUT2D eigenvalue weighted by atomic mass is 10.1. The van der Waals surface area contributed by atoms with Gasteiger partial charge in [-0.05, 0) is 47.7 Å². The molecule has 0 saturated heterocycles. The number of thioether (sulfide) groups is 1. The van der Waals surface area contributed by atoms with Crippen LogP contribution in [0.25, 0.3) is 11.0 Å². The number of H-pyrrole nitrogens is 1. The van der Waals surface area contributed by atoms with E-state index in [1.54, 1.807) is 18.0 Å². The molecule has 0 radical (unpaired) electrons. The summed E-state index contributed by atoms with van der Waals surface area (Å²) in [6.07, 6.45) is 5.85. The summed E-state index contributed by atoms with van der Waals surface area (Å²) in [5, 5.41) is 0.250. The number of nitrogens with zero attached hydrogens (tertiary/aromatic N) is 2. The fraction of sp³-hybridized carbons (Fsp3) is 0.143. The molecule has 130 valence electrons. The van der Waals surface area contributed by atoms with Crippen molar-refractivity contribution in [1.29, 1.82) is 0 Å². The number of para-hydroxylation sites is 1. The van der Waals surface area contributed by atoms with Crippen LogP contribution in [-0.4, -0.2) is 21.2 Å². The first-order valence-corrected chi connectivity index (χ1v) is 9.71. The fourth-order valence-electron chi connectivity index (χ4n) is 2.98. The maximum absolute atomic E-state index is 5.78. The van der Waals surface area contributed by atoms with Crippen molar-refractivity contribution in [2.24, 2.45) is 0 Å². The highest BCUT2D eigenvalue weighted by molar-refractivity contribution is 7.99. The maximum Gasteiger partial charge on any atom is 0.146 e. The Labute approximate surface area is 156 Å². The molecule has 0 aliphatic carbocycles. The number of imidazole rings is 1. The Morgan fingerprint density at radius 1 is 1.04 bits per heavy atom. The van der Waals surface area contributed by atoms with E-state index in [2.05, 4.69) is 45.5 Å². The molecule has 0 aliphatic heterocycles. The summed E-state index contributed by atoms with van der Waals surface area (Å²) in [5.41, 5.74) is 4.41. The number of rotatable bonds is 6. The van der Waals surface area contributed by atoms with Gasteiger partial charge < -0.3 is 9.72 Å². The first-order chi connectivity index (χ1) is 12.8. The molecule has 0 saturated carbocycles. The van der Waals surface area contributed by atoms with Crippen LogP contribution in [-0.2, 0) is 6.61 Å². The van der Waals surface area contributed by atoms with Crippen LogP contribution in [0.15, 0.2) is 73.1 Å². The molecule has 2 heterocycles. The van der Waals surface area contributed by atoms with E-state index in [1.165, 1.54) is 11.1 Å². The van der Waals surface area contributed by atoms with Crippen LogP contribution >= 0.6 is 11.8 Å². The number of fused-ring (bicyclic) bond motifs is 1. The van der Waals surface area contributed by atoms with Gasteiger partial charge in [0.1, 0.15) is 18.2 Å². The molecule has 5 heteroatoms. The Bertz CT molecular complexity index is 986. The average molecular weight is 361 g/mol. The van der Waals surface area contributed by atoms with Gasteiger partial charge in [0, 0.05) is 12.4 Å². The van der Waals surface area contributed by atoms with Gasteiger partial charge in [0.25, 0.3) is 0 Å². The molecule has 0 bridgehead atoms. The molecule has 4 rings (SSSR count). The lowest BCUT2D eigenvalue weighted by Crippen LogP contribution is -1.97. The monoisotopic (exact) mass is 361 g/mol. The number of ether oxygens (including phenoxy) is 1. The summed E-state index contributed by atoms with van der Waals surface area (Å²) in [4.78, 5) is 12.3. The predicted octanol–water partition coefficient (Wildman–Crippen LogP) is 4.99. The largest absolute Gasteiger partial charge is 0.486 e. The van der Waals surface area contributed by atoms with Gasteiger partial charge >= 0.3 is 0 Å². The summed E-state index contributed by atoms with van der Waals surface area (Å²) in [6, 6.07) is 20.2. The molecule has 2 aromatic heterocycles. The van der Waals surface area contributed by atoms with E-state index in [1.807, 2.05) is 42.6 Å². The summed E-state index contributed by atoms with van der Waals surface area (Å²) >= 11 is 1.80. The third kappa shape index (κ3) is 3.58. The second kappa shape index (κ2) is 7.62. The van der Waals surface area contributed by atoms with Crippen molar-refractivity contribution in [1.82, 2.24) is 15.0 Å². The molecule has 1 atom stereocenters. The molecular weight excluding hydrogens is 342 g/mol. The van der Waals surface area contributed by atoms with Crippen molar-refractivity contribution in [3.05, 3.63) is 90.0 Å². The first kappa shape index (κ1) is 16.7. The maximum atomic E-state index is 5.78. The number of hydrogen-bond acceptors (Lipinski definition) is 4. The fourth-order valence-corrected chi connectivity index (χ4v) is 3.81. The number of aromatic amines is 1. The molecule has 1 N–H and O–H groups in total. The van der Waals surface area contributed by atoms with Gasteiger partial charge in [0.15, 0.2) is 0 Å². The van der Waals surface area contributed by atoms with Crippen molar-refractivity contribution >= 4 is 22.8 Å². The van der Waals surface area contributed by atoms with E-state index in [0.29, 0.717) is 6.61 Å². The lowest BCUT2D eigenvalue weighted by Gasteiger charge is -2.14. The Kier molecular flexibility index (Phi) is 4.88. The molecule has 2 aromatic carbocycles. The standard InChI is InChI=1S/C21H19N3OS/c1-26-21(16-6-5-11-22-13-16)15-9-10-18-19(12-15)24-20(23-18)14-25-17-7-3-2-4-8-17/h2-13,21H,14H2,1H3,(H,23,24). The van der Waals surface area contributed by atoms with E-state index in [4.69, 9.17) is 4.74 Å². The third-order valence-corrected chi connectivity index (χ3v) is 5.22. The Hall–Kier alpha value is -2.79. The molecule has 0 spiro atoms. The number of aromatic nitrogens is 3. The molecule has 0 aliphatic rings.